The highest BCUT2D eigenvalue weighted by Crippen LogP contribution is 2.24. The molecule has 7 heteroatoms. The van der Waals surface area contributed by atoms with Crippen LogP contribution in [0.4, 0.5) is 10.5 Å². The summed E-state index contributed by atoms with van der Waals surface area (Å²) in [5.74, 6) is 0. The van der Waals surface area contributed by atoms with Crippen LogP contribution in [0.5, 0.6) is 0 Å². The predicted molar refractivity (Wildman–Crippen MR) is 83.1 cm³/mol. The smallest absolute Gasteiger partial charge is 0.407 e. The van der Waals surface area contributed by atoms with Crippen molar-refractivity contribution in [3.63, 3.8) is 0 Å². The van der Waals surface area contributed by atoms with Gasteiger partial charge < -0.3 is 10.1 Å². The molecule has 1 amide bonds. The molecule has 0 spiro atoms. The molecule has 0 radical (unpaired) electrons. The standard InChI is InChI=1S/C14H22N2O4S/c1-5-20-14(17)15-9-10-16(21(4,18)19)13-8-6-7-11(2)12(13)3/h6-8H,5,9-10H2,1-4H3,(H,15,17). The van der Waals surface area contributed by atoms with Crippen LogP contribution in [0.15, 0.2) is 18.2 Å². The van der Waals surface area contributed by atoms with Gasteiger partial charge in [0.15, 0.2) is 0 Å². The van der Waals surface area contributed by atoms with Gasteiger partial charge in [-0.3, -0.25) is 4.31 Å². The summed E-state index contributed by atoms with van der Waals surface area (Å²) in [6.45, 7) is 6.12. The number of anilines is 1. The van der Waals surface area contributed by atoms with Crippen molar-refractivity contribution in [3.8, 4) is 0 Å². The molecule has 1 aromatic carbocycles. The van der Waals surface area contributed by atoms with E-state index in [1.165, 1.54) is 4.31 Å². The van der Waals surface area contributed by atoms with Crippen molar-refractivity contribution in [2.24, 2.45) is 0 Å². The van der Waals surface area contributed by atoms with Crippen LogP contribution in [-0.2, 0) is 14.8 Å². The van der Waals surface area contributed by atoms with E-state index in [2.05, 4.69) is 5.32 Å². The molecule has 1 aromatic rings. The average Bonchev–Trinajstić information content (AvgIpc) is 2.37. The van der Waals surface area contributed by atoms with Crippen LogP contribution in [0.2, 0.25) is 0 Å². The normalized spacial score (nSPS) is 11.0. The van der Waals surface area contributed by atoms with Crippen molar-refractivity contribution in [2.45, 2.75) is 20.8 Å². The van der Waals surface area contributed by atoms with Crippen molar-refractivity contribution in [2.75, 3.05) is 30.3 Å². The SMILES string of the molecule is CCOC(=O)NCCN(c1cccc(C)c1C)S(C)(=O)=O. The summed E-state index contributed by atoms with van der Waals surface area (Å²) in [6, 6.07) is 5.50. The van der Waals surface area contributed by atoms with Gasteiger partial charge in [0.05, 0.1) is 25.1 Å². The van der Waals surface area contributed by atoms with E-state index in [1.54, 1.807) is 13.0 Å². The molecule has 118 valence electrons. The van der Waals surface area contributed by atoms with Gasteiger partial charge in [0.1, 0.15) is 0 Å². The molecule has 0 bridgehead atoms. The van der Waals surface area contributed by atoms with Gasteiger partial charge in [-0.05, 0) is 38.0 Å². The molecular formula is C14H22N2O4S. The van der Waals surface area contributed by atoms with Gasteiger partial charge in [0.25, 0.3) is 0 Å². The molecule has 0 heterocycles. The van der Waals surface area contributed by atoms with Crippen LogP contribution in [0.1, 0.15) is 18.1 Å². The van der Waals surface area contributed by atoms with Crippen LogP contribution < -0.4 is 9.62 Å². The van der Waals surface area contributed by atoms with E-state index in [4.69, 9.17) is 4.74 Å². The van der Waals surface area contributed by atoms with E-state index in [1.807, 2.05) is 26.0 Å². The Morgan fingerprint density at radius 1 is 1.33 bits per heavy atom. The maximum absolute atomic E-state index is 12.0. The first-order valence-corrected chi connectivity index (χ1v) is 8.56. The lowest BCUT2D eigenvalue weighted by atomic mass is 10.1. The first-order chi connectivity index (χ1) is 9.77. The highest BCUT2D eigenvalue weighted by molar-refractivity contribution is 7.92. The minimum Gasteiger partial charge on any atom is -0.450 e. The van der Waals surface area contributed by atoms with E-state index < -0.39 is 16.1 Å². The van der Waals surface area contributed by atoms with E-state index in [0.29, 0.717) is 5.69 Å². The van der Waals surface area contributed by atoms with Gasteiger partial charge in [-0.15, -0.1) is 0 Å². The lowest BCUT2D eigenvalue weighted by Gasteiger charge is -2.25. The Balaban J connectivity index is 2.88. The van der Waals surface area contributed by atoms with E-state index >= 15 is 0 Å². The van der Waals surface area contributed by atoms with Crippen LogP contribution in [-0.4, -0.2) is 40.5 Å². The number of benzene rings is 1. The van der Waals surface area contributed by atoms with Crippen molar-refractivity contribution in [1.29, 1.82) is 0 Å². The quantitative estimate of drug-likeness (QED) is 0.869. The van der Waals surface area contributed by atoms with Gasteiger partial charge in [-0.25, -0.2) is 13.2 Å². The van der Waals surface area contributed by atoms with E-state index in [0.717, 1.165) is 17.4 Å². The van der Waals surface area contributed by atoms with Gasteiger partial charge in [-0.1, -0.05) is 12.1 Å². The number of nitrogens with one attached hydrogen (secondary N) is 1. The highest BCUT2D eigenvalue weighted by atomic mass is 32.2. The second kappa shape index (κ2) is 7.31. The number of hydrogen-bond acceptors (Lipinski definition) is 4. The lowest BCUT2D eigenvalue weighted by molar-refractivity contribution is 0.152. The molecule has 0 aliphatic rings. The number of sulfonamides is 1. The molecular weight excluding hydrogens is 292 g/mol. The van der Waals surface area contributed by atoms with E-state index in [9.17, 15) is 13.2 Å². The Hall–Kier alpha value is -1.76. The number of carbonyl (C=O) groups is 1. The topological polar surface area (TPSA) is 75.7 Å². The summed E-state index contributed by atoms with van der Waals surface area (Å²) in [5.41, 5.74) is 2.54. The highest BCUT2D eigenvalue weighted by Gasteiger charge is 2.19. The molecule has 0 saturated heterocycles. The zero-order valence-electron chi connectivity index (χ0n) is 12.8. The second-order valence-electron chi connectivity index (χ2n) is 4.70. The molecule has 0 atom stereocenters. The Morgan fingerprint density at radius 2 is 2.00 bits per heavy atom. The minimum absolute atomic E-state index is 0.155. The molecule has 1 rings (SSSR count). The number of carbonyl (C=O) groups excluding carboxylic acids is 1. The van der Waals surface area contributed by atoms with Gasteiger partial charge in [0.2, 0.25) is 10.0 Å². The maximum atomic E-state index is 12.0. The Labute approximate surface area is 126 Å². The minimum atomic E-state index is -3.43. The molecule has 0 unspecified atom stereocenters. The van der Waals surface area contributed by atoms with Crippen LogP contribution >= 0.6 is 0 Å². The van der Waals surface area contributed by atoms with Crippen molar-refractivity contribution >= 4 is 21.8 Å². The number of hydrogen-bond donors (Lipinski definition) is 1. The van der Waals surface area contributed by atoms with Crippen LogP contribution in [0.25, 0.3) is 0 Å². The molecule has 0 aromatic heterocycles. The zero-order valence-corrected chi connectivity index (χ0v) is 13.7. The van der Waals surface area contributed by atoms with E-state index in [-0.39, 0.29) is 19.7 Å². The molecule has 6 nitrogen and oxygen atoms in total. The number of amides is 1. The van der Waals surface area contributed by atoms with Gasteiger partial charge in [0, 0.05) is 6.54 Å². The first kappa shape index (κ1) is 17.3. The molecule has 0 aliphatic heterocycles. The van der Waals surface area contributed by atoms with Crippen molar-refractivity contribution < 1.29 is 17.9 Å². The Morgan fingerprint density at radius 3 is 2.57 bits per heavy atom. The summed E-state index contributed by atoms with van der Waals surface area (Å²) in [5, 5.41) is 2.52. The summed E-state index contributed by atoms with van der Waals surface area (Å²) >= 11 is 0. The third-order valence-corrected chi connectivity index (χ3v) is 4.28. The van der Waals surface area contributed by atoms with Crippen molar-refractivity contribution in [3.05, 3.63) is 29.3 Å². The fraction of sp³-hybridized carbons (Fsp3) is 0.500. The van der Waals surface area contributed by atoms with Gasteiger partial charge in [-0.2, -0.15) is 0 Å². The largest absolute Gasteiger partial charge is 0.450 e. The third-order valence-electron chi connectivity index (χ3n) is 3.10. The molecule has 1 N–H and O–H groups in total. The second-order valence-corrected chi connectivity index (χ2v) is 6.61. The molecule has 0 aliphatic carbocycles. The molecule has 0 saturated carbocycles. The fourth-order valence-electron chi connectivity index (χ4n) is 1.91. The Bertz CT molecular complexity index is 599. The summed E-state index contributed by atoms with van der Waals surface area (Å²) in [7, 11) is -3.43. The van der Waals surface area contributed by atoms with Gasteiger partial charge >= 0.3 is 6.09 Å². The third kappa shape index (κ3) is 4.93. The predicted octanol–water partition coefficient (Wildman–Crippen LogP) is 1.82. The summed E-state index contributed by atoms with van der Waals surface area (Å²) < 4.78 is 30.0. The summed E-state index contributed by atoms with van der Waals surface area (Å²) in [4.78, 5) is 11.2. The zero-order chi connectivity index (χ0) is 16.0. The number of rotatable bonds is 6. The average molecular weight is 314 g/mol. The number of aryl methyl sites for hydroxylation is 1. The molecule has 21 heavy (non-hydrogen) atoms. The van der Waals surface area contributed by atoms with Crippen LogP contribution in [0, 0.1) is 13.8 Å². The maximum Gasteiger partial charge on any atom is 0.407 e. The summed E-state index contributed by atoms with van der Waals surface area (Å²) in [6.07, 6.45) is 0.603. The van der Waals surface area contributed by atoms with Crippen molar-refractivity contribution in [1.82, 2.24) is 5.32 Å². The monoisotopic (exact) mass is 314 g/mol. The number of ether oxygens (including phenoxy) is 1. The fourth-order valence-corrected chi connectivity index (χ4v) is 2.89. The number of alkyl carbamates (subject to hydrolysis) is 1. The number of nitrogens with zero attached hydrogens (tertiary/aromatic N) is 1. The molecule has 0 fully saturated rings. The van der Waals surface area contributed by atoms with Crippen LogP contribution in [0.3, 0.4) is 0 Å². The Kier molecular flexibility index (Phi) is 6.02. The lowest BCUT2D eigenvalue weighted by Crippen LogP contribution is -2.38. The first-order valence-electron chi connectivity index (χ1n) is 6.72.